The molecular weight excluding hydrogens is 254 g/mol. The maximum Gasteiger partial charge on any atom is 0.306 e. The third-order valence-corrected chi connectivity index (χ3v) is 5.08. The molecule has 20 heavy (non-hydrogen) atoms. The summed E-state index contributed by atoms with van der Waals surface area (Å²) in [5, 5.41) is 12.1. The lowest BCUT2D eigenvalue weighted by Gasteiger charge is -2.21. The molecule has 2 aliphatic carbocycles. The fourth-order valence-corrected chi connectivity index (χ4v) is 3.76. The average molecular weight is 281 g/mol. The van der Waals surface area contributed by atoms with Crippen LogP contribution in [0.5, 0.6) is 0 Å². The van der Waals surface area contributed by atoms with Crippen LogP contribution in [0.1, 0.15) is 64.7 Å². The lowest BCUT2D eigenvalue weighted by molar-refractivity contribution is -0.141. The number of hydrogen-bond acceptors (Lipinski definition) is 2. The summed E-state index contributed by atoms with van der Waals surface area (Å²) in [7, 11) is 0. The van der Waals surface area contributed by atoms with Crippen molar-refractivity contribution in [3.63, 3.8) is 0 Å². The number of hydrogen-bond donors (Lipinski definition) is 2. The van der Waals surface area contributed by atoms with Crippen molar-refractivity contribution >= 4 is 11.9 Å². The van der Waals surface area contributed by atoms with E-state index in [0.29, 0.717) is 12.8 Å². The van der Waals surface area contributed by atoms with Gasteiger partial charge in [-0.3, -0.25) is 9.59 Å². The minimum absolute atomic E-state index is 0.0706. The van der Waals surface area contributed by atoms with Gasteiger partial charge in [-0.05, 0) is 38.0 Å². The van der Waals surface area contributed by atoms with Gasteiger partial charge in [-0.25, -0.2) is 0 Å². The van der Waals surface area contributed by atoms with E-state index in [2.05, 4.69) is 12.2 Å². The van der Waals surface area contributed by atoms with Crippen LogP contribution in [-0.4, -0.2) is 23.0 Å². The molecule has 0 aromatic carbocycles. The van der Waals surface area contributed by atoms with Crippen molar-refractivity contribution in [3.05, 3.63) is 0 Å². The number of carbonyl (C=O) groups excluding carboxylic acids is 1. The molecule has 0 bridgehead atoms. The fourth-order valence-electron chi connectivity index (χ4n) is 3.76. The van der Waals surface area contributed by atoms with Gasteiger partial charge in [-0.2, -0.15) is 0 Å². The number of nitrogens with one attached hydrogen (secondary N) is 1. The van der Waals surface area contributed by atoms with Crippen LogP contribution >= 0.6 is 0 Å². The molecule has 2 N–H and O–H groups in total. The van der Waals surface area contributed by atoms with E-state index in [0.717, 1.165) is 25.2 Å². The van der Waals surface area contributed by atoms with E-state index in [1.54, 1.807) is 0 Å². The van der Waals surface area contributed by atoms with Crippen LogP contribution in [0.3, 0.4) is 0 Å². The molecule has 0 heterocycles. The van der Waals surface area contributed by atoms with Crippen molar-refractivity contribution in [2.75, 3.05) is 0 Å². The van der Waals surface area contributed by atoms with Crippen LogP contribution < -0.4 is 5.32 Å². The van der Waals surface area contributed by atoms with Crippen molar-refractivity contribution in [1.29, 1.82) is 0 Å². The van der Waals surface area contributed by atoms with E-state index < -0.39 is 5.97 Å². The minimum atomic E-state index is -0.722. The van der Waals surface area contributed by atoms with Gasteiger partial charge in [-0.15, -0.1) is 0 Å². The molecule has 114 valence electrons. The van der Waals surface area contributed by atoms with Crippen molar-refractivity contribution in [3.8, 4) is 0 Å². The second-order valence-corrected chi connectivity index (χ2v) is 6.55. The molecule has 2 aliphatic rings. The quantitative estimate of drug-likeness (QED) is 0.786. The van der Waals surface area contributed by atoms with Gasteiger partial charge >= 0.3 is 5.97 Å². The Kier molecular flexibility index (Phi) is 5.44. The third-order valence-electron chi connectivity index (χ3n) is 5.08. The van der Waals surface area contributed by atoms with Gasteiger partial charge in [0.25, 0.3) is 0 Å². The topological polar surface area (TPSA) is 66.4 Å². The lowest BCUT2D eigenvalue weighted by atomic mass is 9.90. The Balaban J connectivity index is 1.78. The highest BCUT2D eigenvalue weighted by atomic mass is 16.4. The standard InChI is InChI=1S/C16H27NO3/c1-2-12(9-11-5-3-4-6-11)15(18)17-14-8-7-13(10-14)16(19)20/h11-14H,2-10H2,1H3,(H,17,18)(H,19,20)/t12?,13-,14+/m1/s1. The lowest BCUT2D eigenvalue weighted by Crippen LogP contribution is -2.38. The van der Waals surface area contributed by atoms with Crippen LogP contribution in [0.2, 0.25) is 0 Å². The molecule has 0 aromatic heterocycles. The zero-order chi connectivity index (χ0) is 14.5. The highest BCUT2D eigenvalue weighted by Gasteiger charge is 2.32. The van der Waals surface area contributed by atoms with Crippen LogP contribution in [0, 0.1) is 17.8 Å². The SMILES string of the molecule is CCC(CC1CCCC1)C(=O)N[C@H]1CC[C@@H](C(=O)O)C1. The molecule has 0 spiro atoms. The number of amides is 1. The summed E-state index contributed by atoms with van der Waals surface area (Å²) < 4.78 is 0. The Morgan fingerprint density at radius 1 is 1.20 bits per heavy atom. The van der Waals surface area contributed by atoms with Gasteiger partial charge < -0.3 is 10.4 Å². The highest BCUT2D eigenvalue weighted by molar-refractivity contribution is 5.79. The van der Waals surface area contributed by atoms with Gasteiger partial charge in [0.2, 0.25) is 5.91 Å². The molecule has 2 fully saturated rings. The number of aliphatic carboxylic acids is 1. The summed E-state index contributed by atoms with van der Waals surface area (Å²) in [6, 6.07) is 0.0706. The fraction of sp³-hybridized carbons (Fsp3) is 0.875. The normalized spacial score (nSPS) is 28.4. The molecule has 2 saturated carbocycles. The van der Waals surface area contributed by atoms with Crippen molar-refractivity contribution in [2.45, 2.75) is 70.8 Å². The maximum atomic E-state index is 12.3. The zero-order valence-electron chi connectivity index (χ0n) is 12.4. The Morgan fingerprint density at radius 2 is 1.90 bits per heavy atom. The first-order valence-electron chi connectivity index (χ1n) is 8.13. The summed E-state index contributed by atoms with van der Waals surface area (Å²) in [6.45, 7) is 2.08. The molecular formula is C16H27NO3. The summed E-state index contributed by atoms with van der Waals surface area (Å²) in [6.07, 6.45) is 9.16. The second kappa shape index (κ2) is 7.09. The third kappa shape index (κ3) is 3.97. The molecule has 3 atom stereocenters. The molecule has 1 unspecified atom stereocenters. The van der Waals surface area contributed by atoms with Gasteiger partial charge in [0.1, 0.15) is 0 Å². The molecule has 0 aromatic rings. The first-order valence-corrected chi connectivity index (χ1v) is 8.13. The smallest absolute Gasteiger partial charge is 0.306 e. The van der Waals surface area contributed by atoms with E-state index in [-0.39, 0.29) is 23.8 Å². The maximum absolute atomic E-state index is 12.3. The largest absolute Gasteiger partial charge is 0.481 e. The van der Waals surface area contributed by atoms with Crippen LogP contribution in [-0.2, 0) is 9.59 Å². The Hall–Kier alpha value is -1.06. The number of carboxylic acids is 1. The summed E-state index contributed by atoms with van der Waals surface area (Å²) in [4.78, 5) is 23.3. The molecule has 4 nitrogen and oxygen atoms in total. The number of carbonyl (C=O) groups is 2. The molecule has 1 amide bonds. The number of carboxylic acid groups (broad SMARTS) is 1. The van der Waals surface area contributed by atoms with Crippen LogP contribution in [0.25, 0.3) is 0 Å². The van der Waals surface area contributed by atoms with Gasteiger partial charge in [0.05, 0.1) is 5.92 Å². The van der Waals surface area contributed by atoms with Gasteiger partial charge in [-0.1, -0.05) is 32.6 Å². The van der Waals surface area contributed by atoms with Gasteiger partial charge in [0.15, 0.2) is 0 Å². The van der Waals surface area contributed by atoms with E-state index in [1.807, 2.05) is 0 Å². The Morgan fingerprint density at radius 3 is 2.45 bits per heavy atom. The second-order valence-electron chi connectivity index (χ2n) is 6.55. The number of rotatable bonds is 6. The Labute approximate surface area is 121 Å². The molecule has 0 saturated heterocycles. The Bertz CT molecular complexity index is 350. The monoisotopic (exact) mass is 281 g/mol. The van der Waals surface area contributed by atoms with Crippen LogP contribution in [0.15, 0.2) is 0 Å². The molecule has 0 aliphatic heterocycles. The van der Waals surface area contributed by atoms with Crippen LogP contribution in [0.4, 0.5) is 0 Å². The predicted octanol–water partition coefficient (Wildman–Crippen LogP) is 2.96. The van der Waals surface area contributed by atoms with Gasteiger partial charge in [0, 0.05) is 12.0 Å². The molecule has 4 heteroatoms. The minimum Gasteiger partial charge on any atom is -0.481 e. The van der Waals surface area contributed by atoms with E-state index in [4.69, 9.17) is 5.11 Å². The summed E-state index contributed by atoms with van der Waals surface area (Å²) in [5.41, 5.74) is 0. The average Bonchev–Trinajstić information content (AvgIpc) is 3.06. The van der Waals surface area contributed by atoms with Crippen molar-refractivity contribution < 1.29 is 14.7 Å². The first-order chi connectivity index (χ1) is 9.60. The summed E-state index contributed by atoms with van der Waals surface area (Å²) >= 11 is 0. The zero-order valence-corrected chi connectivity index (χ0v) is 12.4. The van der Waals surface area contributed by atoms with E-state index in [1.165, 1.54) is 25.7 Å². The highest BCUT2D eigenvalue weighted by Crippen LogP contribution is 2.32. The van der Waals surface area contributed by atoms with Crippen molar-refractivity contribution in [2.24, 2.45) is 17.8 Å². The molecule has 0 radical (unpaired) electrons. The van der Waals surface area contributed by atoms with E-state index >= 15 is 0 Å². The predicted molar refractivity (Wildman–Crippen MR) is 77.3 cm³/mol. The summed E-state index contributed by atoms with van der Waals surface area (Å²) in [5.74, 6) is -0.00609. The molecule has 2 rings (SSSR count). The first kappa shape index (κ1) is 15.3. The van der Waals surface area contributed by atoms with E-state index in [9.17, 15) is 9.59 Å². The van der Waals surface area contributed by atoms with Crippen molar-refractivity contribution in [1.82, 2.24) is 5.32 Å².